The second-order valence-electron chi connectivity index (χ2n) is 6.31. The Labute approximate surface area is 110 Å². The van der Waals surface area contributed by atoms with Crippen molar-refractivity contribution in [2.75, 3.05) is 0 Å². The quantitative estimate of drug-likeness (QED) is 0.857. The van der Waals surface area contributed by atoms with E-state index in [4.69, 9.17) is 5.73 Å². The highest BCUT2D eigenvalue weighted by Gasteiger charge is 2.29. The minimum absolute atomic E-state index is 0.186. The van der Waals surface area contributed by atoms with Crippen LogP contribution in [0.5, 0.6) is 0 Å². The molecule has 1 aliphatic rings. The molecule has 18 heavy (non-hydrogen) atoms. The lowest BCUT2D eigenvalue weighted by molar-refractivity contribution is 0.217. The van der Waals surface area contributed by atoms with E-state index in [-0.39, 0.29) is 5.54 Å². The van der Waals surface area contributed by atoms with Gasteiger partial charge in [-0.05, 0) is 37.8 Å². The Balaban J connectivity index is 2.21. The van der Waals surface area contributed by atoms with Gasteiger partial charge in [-0.3, -0.25) is 0 Å². The van der Waals surface area contributed by atoms with Gasteiger partial charge in [-0.15, -0.1) is 0 Å². The maximum absolute atomic E-state index is 13.7. The molecule has 100 valence electrons. The summed E-state index contributed by atoms with van der Waals surface area (Å²) in [6, 6.07) is 8.21. The molecule has 0 amide bonds. The van der Waals surface area contributed by atoms with Crippen molar-refractivity contribution < 1.29 is 4.39 Å². The third kappa shape index (κ3) is 3.32. The fourth-order valence-electron chi connectivity index (χ4n) is 2.95. The monoisotopic (exact) mass is 249 g/mol. The Kier molecular flexibility index (Phi) is 3.76. The van der Waals surface area contributed by atoms with Crippen LogP contribution in [0.15, 0.2) is 24.3 Å². The summed E-state index contributed by atoms with van der Waals surface area (Å²) >= 11 is 0. The SMILES string of the molecule is CC(C)(F)Cc1cccc(C2(N)CCCCC2)c1. The molecule has 0 heterocycles. The molecule has 2 rings (SSSR count). The van der Waals surface area contributed by atoms with Crippen LogP contribution >= 0.6 is 0 Å². The second-order valence-corrected chi connectivity index (χ2v) is 6.31. The summed E-state index contributed by atoms with van der Waals surface area (Å²) in [6.45, 7) is 3.25. The van der Waals surface area contributed by atoms with Gasteiger partial charge < -0.3 is 5.73 Å². The first kappa shape index (κ1) is 13.5. The average Bonchev–Trinajstić information content (AvgIpc) is 2.28. The van der Waals surface area contributed by atoms with Crippen LogP contribution in [0.1, 0.15) is 57.1 Å². The number of hydrogen-bond donors (Lipinski definition) is 1. The first-order chi connectivity index (χ1) is 8.39. The first-order valence-electron chi connectivity index (χ1n) is 6.96. The third-order valence-corrected chi connectivity index (χ3v) is 3.87. The summed E-state index contributed by atoms with van der Waals surface area (Å²) in [4.78, 5) is 0. The van der Waals surface area contributed by atoms with Gasteiger partial charge in [0.25, 0.3) is 0 Å². The van der Waals surface area contributed by atoms with Gasteiger partial charge in [-0.25, -0.2) is 4.39 Å². The molecule has 0 saturated heterocycles. The largest absolute Gasteiger partial charge is 0.321 e. The van der Waals surface area contributed by atoms with Crippen LogP contribution < -0.4 is 5.73 Å². The van der Waals surface area contributed by atoms with Gasteiger partial charge >= 0.3 is 0 Å². The Morgan fingerprint density at radius 1 is 1.22 bits per heavy atom. The molecule has 1 aromatic rings. The average molecular weight is 249 g/mol. The summed E-state index contributed by atoms with van der Waals surface area (Å²) in [6.07, 6.45) is 6.25. The fourth-order valence-corrected chi connectivity index (χ4v) is 2.95. The zero-order chi connectivity index (χ0) is 13.2. The van der Waals surface area contributed by atoms with Gasteiger partial charge in [0.2, 0.25) is 0 Å². The van der Waals surface area contributed by atoms with Gasteiger partial charge in [0.1, 0.15) is 5.67 Å². The van der Waals surface area contributed by atoms with Crippen LogP contribution in [-0.4, -0.2) is 5.67 Å². The van der Waals surface area contributed by atoms with Crippen LogP contribution in [0.4, 0.5) is 4.39 Å². The molecule has 2 N–H and O–H groups in total. The first-order valence-corrected chi connectivity index (χ1v) is 6.96. The lowest BCUT2D eigenvalue weighted by atomic mass is 9.77. The Hall–Kier alpha value is -0.890. The summed E-state index contributed by atoms with van der Waals surface area (Å²) in [5, 5.41) is 0. The Morgan fingerprint density at radius 3 is 2.50 bits per heavy atom. The van der Waals surface area contributed by atoms with E-state index < -0.39 is 5.67 Å². The number of halogens is 1. The van der Waals surface area contributed by atoms with E-state index in [2.05, 4.69) is 12.1 Å². The number of hydrogen-bond acceptors (Lipinski definition) is 1. The van der Waals surface area contributed by atoms with Gasteiger partial charge in [0.05, 0.1) is 0 Å². The fraction of sp³-hybridized carbons (Fsp3) is 0.625. The van der Waals surface area contributed by atoms with Crippen molar-refractivity contribution in [3.8, 4) is 0 Å². The van der Waals surface area contributed by atoms with Crippen LogP contribution in [0, 0.1) is 0 Å². The highest BCUT2D eigenvalue weighted by molar-refractivity contribution is 5.30. The molecule has 1 nitrogen and oxygen atoms in total. The summed E-state index contributed by atoms with van der Waals surface area (Å²) in [5.74, 6) is 0. The summed E-state index contributed by atoms with van der Waals surface area (Å²) < 4.78 is 13.7. The van der Waals surface area contributed by atoms with Gasteiger partial charge in [-0.2, -0.15) is 0 Å². The molecular formula is C16H24FN. The van der Waals surface area contributed by atoms with E-state index in [0.717, 1.165) is 18.4 Å². The molecule has 0 unspecified atom stereocenters. The van der Waals surface area contributed by atoms with Crippen LogP contribution in [-0.2, 0) is 12.0 Å². The smallest absolute Gasteiger partial charge is 0.109 e. The van der Waals surface area contributed by atoms with Crippen molar-refractivity contribution >= 4 is 0 Å². The van der Waals surface area contributed by atoms with E-state index in [0.29, 0.717) is 6.42 Å². The molecule has 0 bridgehead atoms. The predicted molar refractivity (Wildman–Crippen MR) is 74.3 cm³/mol. The zero-order valence-electron chi connectivity index (χ0n) is 11.5. The molecule has 0 aromatic heterocycles. The van der Waals surface area contributed by atoms with Crippen molar-refractivity contribution in [2.24, 2.45) is 5.73 Å². The predicted octanol–water partition coefficient (Wildman–Crippen LogP) is 4.10. The molecule has 0 radical (unpaired) electrons. The minimum Gasteiger partial charge on any atom is -0.321 e. The van der Waals surface area contributed by atoms with Crippen molar-refractivity contribution in [1.29, 1.82) is 0 Å². The summed E-state index contributed by atoms with van der Waals surface area (Å²) in [7, 11) is 0. The lowest BCUT2D eigenvalue weighted by Crippen LogP contribution is -2.38. The minimum atomic E-state index is -1.16. The molecule has 2 heteroatoms. The number of nitrogens with two attached hydrogens (primary N) is 1. The van der Waals surface area contributed by atoms with E-state index in [1.807, 2.05) is 12.1 Å². The van der Waals surface area contributed by atoms with E-state index in [1.54, 1.807) is 13.8 Å². The Bertz CT molecular complexity index is 400. The van der Waals surface area contributed by atoms with Crippen LogP contribution in [0.25, 0.3) is 0 Å². The molecule has 0 aliphatic heterocycles. The van der Waals surface area contributed by atoms with Crippen LogP contribution in [0.2, 0.25) is 0 Å². The highest BCUT2D eigenvalue weighted by Crippen LogP contribution is 2.35. The lowest BCUT2D eigenvalue weighted by Gasteiger charge is -2.34. The van der Waals surface area contributed by atoms with Crippen molar-refractivity contribution in [1.82, 2.24) is 0 Å². The third-order valence-electron chi connectivity index (χ3n) is 3.87. The van der Waals surface area contributed by atoms with Crippen LogP contribution in [0.3, 0.4) is 0 Å². The van der Waals surface area contributed by atoms with Gasteiger partial charge in [0.15, 0.2) is 0 Å². The molecule has 1 aliphatic carbocycles. The number of alkyl halides is 1. The summed E-state index contributed by atoms with van der Waals surface area (Å²) in [5.41, 5.74) is 7.41. The maximum atomic E-state index is 13.7. The zero-order valence-corrected chi connectivity index (χ0v) is 11.5. The number of benzene rings is 1. The molecular weight excluding hydrogens is 225 g/mol. The van der Waals surface area contributed by atoms with Gasteiger partial charge in [0, 0.05) is 12.0 Å². The topological polar surface area (TPSA) is 26.0 Å². The molecule has 1 fully saturated rings. The van der Waals surface area contributed by atoms with Gasteiger partial charge in [-0.1, -0.05) is 43.5 Å². The number of rotatable bonds is 3. The molecule has 0 atom stereocenters. The highest BCUT2D eigenvalue weighted by atomic mass is 19.1. The van der Waals surface area contributed by atoms with E-state index in [9.17, 15) is 4.39 Å². The maximum Gasteiger partial charge on any atom is 0.109 e. The van der Waals surface area contributed by atoms with Crippen molar-refractivity contribution in [2.45, 2.75) is 63.6 Å². The Morgan fingerprint density at radius 2 is 1.89 bits per heavy atom. The van der Waals surface area contributed by atoms with Crippen molar-refractivity contribution in [3.63, 3.8) is 0 Å². The second kappa shape index (κ2) is 5.00. The normalized spacial score (nSPS) is 19.8. The van der Waals surface area contributed by atoms with E-state index in [1.165, 1.54) is 24.8 Å². The van der Waals surface area contributed by atoms with E-state index >= 15 is 0 Å². The standard InChI is InChI=1S/C16H24FN/c1-15(2,17)12-13-7-6-8-14(11-13)16(18)9-4-3-5-10-16/h6-8,11H,3-5,9-10,12,18H2,1-2H3. The molecule has 1 aromatic carbocycles. The van der Waals surface area contributed by atoms with Crippen molar-refractivity contribution in [3.05, 3.63) is 35.4 Å². The molecule has 1 saturated carbocycles. The molecule has 0 spiro atoms.